The van der Waals surface area contributed by atoms with E-state index < -0.39 is 0 Å². The predicted octanol–water partition coefficient (Wildman–Crippen LogP) is 3.35. The topological polar surface area (TPSA) is 58.9 Å². The van der Waals surface area contributed by atoms with E-state index in [1.807, 2.05) is 19.3 Å². The van der Waals surface area contributed by atoms with E-state index in [1.165, 1.54) is 16.7 Å². The van der Waals surface area contributed by atoms with Crippen molar-refractivity contribution >= 4 is 5.96 Å². The number of rotatable bonds is 5. The van der Waals surface area contributed by atoms with Crippen LogP contribution >= 0.6 is 0 Å². The van der Waals surface area contributed by atoms with E-state index in [0.717, 1.165) is 24.6 Å². The molecule has 0 amide bonds. The zero-order chi connectivity index (χ0) is 22.3. The summed E-state index contributed by atoms with van der Waals surface area (Å²) in [7, 11) is 1.82. The van der Waals surface area contributed by atoms with Gasteiger partial charge in [0.15, 0.2) is 5.96 Å². The van der Waals surface area contributed by atoms with Crippen LogP contribution in [0.25, 0.3) is 0 Å². The van der Waals surface area contributed by atoms with Crippen molar-refractivity contribution in [3.05, 3.63) is 106 Å². The summed E-state index contributed by atoms with van der Waals surface area (Å²) in [4.78, 5) is 18.7. The average Bonchev–Trinajstić information content (AvgIpc) is 2.82. The summed E-state index contributed by atoms with van der Waals surface area (Å²) >= 11 is 0. The minimum atomic E-state index is 0.0107. The van der Waals surface area contributed by atoms with Crippen LogP contribution in [-0.4, -0.2) is 42.2 Å². The third kappa shape index (κ3) is 5.26. The molecule has 0 aliphatic carbocycles. The molecule has 1 aliphatic heterocycles. The minimum Gasteiger partial charge on any atom is -0.370 e. The van der Waals surface area contributed by atoms with Crippen LogP contribution in [-0.2, 0) is 17.8 Å². The highest BCUT2D eigenvalue weighted by Gasteiger charge is 2.25. The van der Waals surface area contributed by atoms with Crippen molar-refractivity contribution in [1.29, 1.82) is 0 Å². The molecule has 1 fully saturated rings. The van der Waals surface area contributed by atoms with Gasteiger partial charge in [0, 0.05) is 32.4 Å². The molecule has 2 heterocycles. The first-order valence-corrected chi connectivity index (χ1v) is 11.0. The van der Waals surface area contributed by atoms with Gasteiger partial charge in [-0.05, 0) is 35.2 Å². The Bertz CT molecular complexity index is 1120. The molecule has 32 heavy (non-hydrogen) atoms. The smallest absolute Gasteiger partial charge is 0.250 e. The Labute approximate surface area is 189 Å². The molecule has 0 saturated carbocycles. The molecule has 1 aromatic heterocycles. The van der Waals surface area contributed by atoms with Crippen LogP contribution in [0, 0.1) is 6.92 Å². The number of hydrogen-bond acceptors (Lipinski definition) is 3. The molecule has 0 bridgehead atoms. The second-order valence-electron chi connectivity index (χ2n) is 8.05. The van der Waals surface area contributed by atoms with Gasteiger partial charge in [0.2, 0.25) is 0 Å². The highest BCUT2D eigenvalue weighted by Crippen LogP contribution is 2.25. The highest BCUT2D eigenvalue weighted by atomic mass is 16.5. The van der Waals surface area contributed by atoms with Gasteiger partial charge < -0.3 is 19.5 Å². The second kappa shape index (κ2) is 10.3. The fourth-order valence-electron chi connectivity index (χ4n) is 4.04. The zero-order valence-electron chi connectivity index (χ0n) is 18.7. The van der Waals surface area contributed by atoms with Gasteiger partial charge in [-0.25, -0.2) is 0 Å². The maximum absolute atomic E-state index is 11.9. The van der Waals surface area contributed by atoms with Gasteiger partial charge >= 0.3 is 0 Å². The summed E-state index contributed by atoms with van der Waals surface area (Å²) in [5, 5.41) is 3.49. The normalized spacial score (nSPS) is 16.8. The molecule has 4 rings (SSSR count). The molecule has 6 nitrogen and oxygen atoms in total. The van der Waals surface area contributed by atoms with Crippen LogP contribution in [0.4, 0.5) is 0 Å². The van der Waals surface area contributed by atoms with Gasteiger partial charge in [-0.3, -0.25) is 9.79 Å². The molecule has 1 saturated heterocycles. The van der Waals surface area contributed by atoms with Gasteiger partial charge in [-0.1, -0.05) is 54.6 Å². The molecule has 166 valence electrons. The van der Waals surface area contributed by atoms with Crippen molar-refractivity contribution in [2.75, 3.05) is 26.7 Å². The first kappa shape index (κ1) is 21.8. The van der Waals surface area contributed by atoms with Crippen LogP contribution in [0.2, 0.25) is 0 Å². The largest absolute Gasteiger partial charge is 0.370 e. The first-order valence-electron chi connectivity index (χ1n) is 11.0. The van der Waals surface area contributed by atoms with Crippen LogP contribution in [0.5, 0.6) is 0 Å². The van der Waals surface area contributed by atoms with E-state index in [-0.39, 0.29) is 11.7 Å². The average molecular weight is 431 g/mol. The van der Waals surface area contributed by atoms with E-state index >= 15 is 0 Å². The fourth-order valence-corrected chi connectivity index (χ4v) is 4.04. The van der Waals surface area contributed by atoms with E-state index in [4.69, 9.17) is 4.74 Å². The van der Waals surface area contributed by atoms with Crippen LogP contribution in [0.15, 0.2) is 82.7 Å². The molecule has 6 heteroatoms. The maximum Gasteiger partial charge on any atom is 0.250 e. The third-order valence-electron chi connectivity index (χ3n) is 5.84. The Morgan fingerprint density at radius 3 is 2.56 bits per heavy atom. The number of ether oxygens (including phenoxy) is 1. The molecule has 1 aliphatic rings. The lowest BCUT2D eigenvalue weighted by atomic mass is 10.0. The molecule has 1 atom stereocenters. The number of aryl methyl sites for hydroxylation is 1. The van der Waals surface area contributed by atoms with Crippen LogP contribution in [0.3, 0.4) is 0 Å². The maximum atomic E-state index is 11.9. The lowest BCUT2D eigenvalue weighted by Crippen LogP contribution is -2.48. The zero-order valence-corrected chi connectivity index (χ0v) is 18.7. The van der Waals surface area contributed by atoms with Crippen molar-refractivity contribution in [3.8, 4) is 0 Å². The summed E-state index contributed by atoms with van der Waals surface area (Å²) in [6.45, 7) is 5.64. The molecule has 0 spiro atoms. The predicted molar refractivity (Wildman–Crippen MR) is 128 cm³/mol. The van der Waals surface area contributed by atoms with E-state index in [1.54, 1.807) is 16.7 Å². The number of benzene rings is 2. The molecule has 3 aromatic rings. The highest BCUT2D eigenvalue weighted by molar-refractivity contribution is 5.80. The molecule has 0 radical (unpaired) electrons. The standard InChI is InChI=1S/C26H30N4O2/c1-20-7-3-4-8-23(20)24-19-30(15-16-32-24)26(27-2)28-17-21-10-12-22(13-11-21)18-29-14-6-5-9-25(29)31/h3-14,24H,15-19H2,1-2H3,(H,27,28). The summed E-state index contributed by atoms with van der Waals surface area (Å²) in [5.41, 5.74) is 4.76. The molecule has 1 N–H and O–H groups in total. The fraction of sp³-hybridized carbons (Fsp3) is 0.308. The minimum absolute atomic E-state index is 0.0107. The van der Waals surface area contributed by atoms with Crippen LogP contribution in [0.1, 0.15) is 28.4 Å². The van der Waals surface area contributed by atoms with E-state index in [0.29, 0.717) is 19.7 Å². The van der Waals surface area contributed by atoms with Crippen molar-refractivity contribution in [3.63, 3.8) is 0 Å². The molecule has 1 unspecified atom stereocenters. The Balaban J connectivity index is 1.35. The summed E-state index contributed by atoms with van der Waals surface area (Å²) in [6, 6.07) is 22.0. The molecular formula is C26H30N4O2. The lowest BCUT2D eigenvalue weighted by Gasteiger charge is -2.35. The second-order valence-corrected chi connectivity index (χ2v) is 8.05. The first-order chi connectivity index (χ1) is 15.6. The third-order valence-corrected chi connectivity index (χ3v) is 5.84. The Morgan fingerprint density at radius 2 is 1.81 bits per heavy atom. The van der Waals surface area contributed by atoms with Gasteiger partial charge in [0.25, 0.3) is 5.56 Å². The van der Waals surface area contributed by atoms with Gasteiger partial charge in [-0.15, -0.1) is 0 Å². The Hall–Kier alpha value is -3.38. The van der Waals surface area contributed by atoms with Gasteiger partial charge in [0.1, 0.15) is 6.10 Å². The van der Waals surface area contributed by atoms with Gasteiger partial charge in [0.05, 0.1) is 19.7 Å². The monoisotopic (exact) mass is 430 g/mol. The van der Waals surface area contributed by atoms with Crippen molar-refractivity contribution < 1.29 is 4.74 Å². The van der Waals surface area contributed by atoms with Crippen molar-refractivity contribution in [2.45, 2.75) is 26.1 Å². The number of hydrogen-bond donors (Lipinski definition) is 1. The quantitative estimate of drug-likeness (QED) is 0.498. The summed E-state index contributed by atoms with van der Waals surface area (Å²) in [5.74, 6) is 0.881. The number of aliphatic imine (C=N–C) groups is 1. The SMILES string of the molecule is CN=C(NCc1ccc(Cn2ccccc2=O)cc1)N1CCOC(c2ccccc2C)C1. The van der Waals surface area contributed by atoms with Crippen LogP contribution < -0.4 is 10.9 Å². The molecular weight excluding hydrogens is 400 g/mol. The number of guanidine groups is 1. The lowest BCUT2D eigenvalue weighted by molar-refractivity contribution is -0.00833. The number of nitrogens with zero attached hydrogens (tertiary/aromatic N) is 3. The number of morpholine rings is 1. The van der Waals surface area contributed by atoms with E-state index in [9.17, 15) is 4.79 Å². The van der Waals surface area contributed by atoms with Crippen molar-refractivity contribution in [1.82, 2.24) is 14.8 Å². The van der Waals surface area contributed by atoms with Crippen molar-refractivity contribution in [2.24, 2.45) is 4.99 Å². The number of aromatic nitrogens is 1. The summed E-state index contributed by atoms with van der Waals surface area (Å²) in [6.07, 6.45) is 1.86. The molecule has 2 aromatic carbocycles. The summed E-state index contributed by atoms with van der Waals surface area (Å²) < 4.78 is 7.76. The Kier molecular flexibility index (Phi) is 7.02. The van der Waals surface area contributed by atoms with Gasteiger partial charge in [-0.2, -0.15) is 0 Å². The van der Waals surface area contributed by atoms with E-state index in [2.05, 4.69) is 70.7 Å². The number of nitrogens with one attached hydrogen (secondary N) is 1. The Morgan fingerprint density at radius 1 is 1.06 bits per heavy atom. The number of pyridine rings is 1.